The monoisotopic (exact) mass is 567 g/mol. The summed E-state index contributed by atoms with van der Waals surface area (Å²) in [6, 6.07) is 10.3. The average Bonchev–Trinajstić information content (AvgIpc) is 3.51. The van der Waals surface area contributed by atoms with Gasteiger partial charge in [-0.15, -0.1) is 0 Å². The summed E-state index contributed by atoms with van der Waals surface area (Å²) < 4.78 is 2.62. The van der Waals surface area contributed by atoms with Gasteiger partial charge in [-0.25, -0.2) is 9.78 Å². The minimum Gasteiger partial charge on any atom is -0.478 e. The summed E-state index contributed by atoms with van der Waals surface area (Å²) in [6.45, 7) is 8.22. The summed E-state index contributed by atoms with van der Waals surface area (Å²) in [6.07, 6.45) is 8.99. The number of aromatic carboxylic acids is 1. The number of carboxylic acid groups (broad SMARTS) is 1. The fourth-order valence-corrected chi connectivity index (χ4v) is 5.02. The number of aromatic amines is 1. The first kappa shape index (κ1) is 26.7. The first-order chi connectivity index (χ1) is 17.8. The van der Waals surface area contributed by atoms with E-state index in [0.717, 1.165) is 46.4 Å². The van der Waals surface area contributed by atoms with Crippen LogP contribution < -0.4 is 16.0 Å². The third-order valence-corrected chi connectivity index (χ3v) is 6.86. The molecule has 5 rings (SSSR count). The van der Waals surface area contributed by atoms with E-state index in [0.29, 0.717) is 18.5 Å². The second kappa shape index (κ2) is 12.2. The van der Waals surface area contributed by atoms with E-state index in [-0.39, 0.29) is 5.56 Å². The quantitative estimate of drug-likeness (QED) is 0.254. The lowest BCUT2D eigenvalue weighted by atomic mass is 10.0. The highest BCUT2D eigenvalue weighted by atomic mass is 79.9. The highest BCUT2D eigenvalue weighted by molar-refractivity contribution is 9.10. The van der Waals surface area contributed by atoms with Gasteiger partial charge in [-0.3, -0.25) is 4.68 Å². The topological polar surface area (TPSA) is 125 Å². The Morgan fingerprint density at radius 1 is 1.30 bits per heavy atom. The van der Waals surface area contributed by atoms with Gasteiger partial charge in [0.1, 0.15) is 5.65 Å². The number of carboxylic acids is 1. The summed E-state index contributed by atoms with van der Waals surface area (Å²) >= 11 is 3.66. The number of H-pyrrole nitrogens is 1. The largest absolute Gasteiger partial charge is 0.478 e. The lowest BCUT2D eigenvalue weighted by Gasteiger charge is -2.36. The Morgan fingerprint density at radius 2 is 2.08 bits per heavy atom. The van der Waals surface area contributed by atoms with Crippen molar-refractivity contribution in [3.8, 4) is 0 Å². The molecular formula is C27H34BrN7O2. The molecule has 4 heterocycles. The highest BCUT2D eigenvalue weighted by Crippen LogP contribution is 2.37. The van der Waals surface area contributed by atoms with E-state index in [1.54, 1.807) is 4.68 Å². The Hall–Kier alpha value is -3.37. The molecule has 5 N–H and O–H groups in total. The second-order valence-corrected chi connectivity index (χ2v) is 10.6. The molecule has 0 bridgehead atoms. The number of nitrogens with one attached hydrogen (secondary N) is 2. The standard InChI is InChI=1S/C16H24BrN5.C11H10N2O2/c1-10(2)6-19-11-4-3-5-22(9-11)15-12(17)7-20-16-14(15)13(18)8-21-16;14-11(15)10-6-12-13(8-10)7-9-4-2-1-3-5-9/h7-8,10-11,19H,3-6,9,18H2,1-2H3,(H,20,21);1-6,8H,7H2,(H,14,15)/t11-;/m1./s1. The number of nitrogens with zero attached hydrogens (tertiary/aromatic N) is 4. The number of carbonyl (C=O) groups is 1. The second-order valence-electron chi connectivity index (χ2n) is 9.73. The summed E-state index contributed by atoms with van der Waals surface area (Å²) in [4.78, 5) is 20.6. The SMILES string of the molecule is CC(C)CN[C@@H]1CCCN(c2c(Br)cnc3[nH]cc(N)c23)C1.O=C(O)c1cnn(Cc2ccccc2)c1. The lowest BCUT2D eigenvalue weighted by Crippen LogP contribution is -2.46. The summed E-state index contributed by atoms with van der Waals surface area (Å²) in [5.74, 6) is -0.274. The third kappa shape index (κ3) is 6.90. The molecule has 37 heavy (non-hydrogen) atoms. The van der Waals surface area contributed by atoms with Gasteiger partial charge in [0.25, 0.3) is 0 Å². The Bertz CT molecular complexity index is 1320. The van der Waals surface area contributed by atoms with Crippen molar-refractivity contribution in [2.24, 2.45) is 5.92 Å². The van der Waals surface area contributed by atoms with Gasteiger partial charge in [0.05, 0.1) is 39.5 Å². The van der Waals surface area contributed by atoms with Crippen LogP contribution in [-0.4, -0.2) is 56.5 Å². The molecule has 10 heteroatoms. The van der Waals surface area contributed by atoms with Crippen molar-refractivity contribution in [1.29, 1.82) is 0 Å². The van der Waals surface area contributed by atoms with Crippen molar-refractivity contribution in [2.75, 3.05) is 30.3 Å². The molecule has 3 aromatic heterocycles. The van der Waals surface area contributed by atoms with Crippen molar-refractivity contribution < 1.29 is 9.90 Å². The third-order valence-electron chi connectivity index (χ3n) is 6.28. The van der Waals surface area contributed by atoms with Crippen molar-refractivity contribution >= 4 is 44.3 Å². The smallest absolute Gasteiger partial charge is 0.338 e. The van der Waals surface area contributed by atoms with Crippen LogP contribution >= 0.6 is 15.9 Å². The molecule has 1 fully saturated rings. The first-order valence-electron chi connectivity index (χ1n) is 12.5. The molecule has 1 aliphatic heterocycles. The minimum absolute atomic E-state index is 0.214. The molecule has 0 aliphatic carbocycles. The number of halogens is 1. The number of piperidine rings is 1. The van der Waals surface area contributed by atoms with Gasteiger partial charge < -0.3 is 26.0 Å². The van der Waals surface area contributed by atoms with Gasteiger partial charge in [0, 0.05) is 37.7 Å². The molecule has 0 amide bonds. The van der Waals surface area contributed by atoms with Crippen LogP contribution in [0.25, 0.3) is 11.0 Å². The highest BCUT2D eigenvalue weighted by Gasteiger charge is 2.24. The summed E-state index contributed by atoms with van der Waals surface area (Å²) in [5.41, 5.74) is 10.2. The number of hydrogen-bond acceptors (Lipinski definition) is 6. The van der Waals surface area contributed by atoms with Gasteiger partial charge in [-0.05, 0) is 46.8 Å². The molecule has 1 aromatic carbocycles. The number of rotatable bonds is 7. The zero-order valence-corrected chi connectivity index (χ0v) is 22.8. The van der Waals surface area contributed by atoms with E-state index in [1.165, 1.54) is 30.9 Å². The minimum atomic E-state index is -0.950. The van der Waals surface area contributed by atoms with Crippen LogP contribution in [0.2, 0.25) is 0 Å². The fraction of sp³-hybridized carbons (Fsp3) is 0.370. The van der Waals surface area contributed by atoms with Crippen molar-refractivity contribution in [3.05, 3.63) is 70.7 Å². The molecule has 1 saturated heterocycles. The van der Waals surface area contributed by atoms with E-state index >= 15 is 0 Å². The Labute approximate surface area is 225 Å². The number of hydrogen-bond donors (Lipinski definition) is 4. The molecule has 1 atom stereocenters. The first-order valence-corrected chi connectivity index (χ1v) is 13.3. The number of benzene rings is 1. The Morgan fingerprint density at radius 3 is 2.78 bits per heavy atom. The number of anilines is 2. The maximum Gasteiger partial charge on any atom is 0.338 e. The van der Waals surface area contributed by atoms with Crippen LogP contribution in [0.4, 0.5) is 11.4 Å². The molecule has 1 aliphatic rings. The molecule has 0 spiro atoms. The predicted molar refractivity (Wildman–Crippen MR) is 151 cm³/mol. The molecule has 0 unspecified atom stereocenters. The number of aromatic nitrogens is 4. The van der Waals surface area contributed by atoms with E-state index < -0.39 is 5.97 Å². The van der Waals surface area contributed by atoms with E-state index in [9.17, 15) is 4.79 Å². The van der Waals surface area contributed by atoms with Crippen molar-refractivity contribution in [1.82, 2.24) is 25.1 Å². The number of pyridine rings is 1. The average molecular weight is 569 g/mol. The van der Waals surface area contributed by atoms with Gasteiger partial charge in [-0.2, -0.15) is 5.10 Å². The molecule has 0 saturated carbocycles. The van der Waals surface area contributed by atoms with Crippen LogP contribution in [-0.2, 0) is 6.54 Å². The van der Waals surface area contributed by atoms with Crippen LogP contribution in [0.15, 0.2) is 59.6 Å². The van der Waals surface area contributed by atoms with Gasteiger partial charge in [0.15, 0.2) is 0 Å². The van der Waals surface area contributed by atoms with E-state index in [2.05, 4.69) is 55.1 Å². The van der Waals surface area contributed by atoms with Crippen molar-refractivity contribution in [3.63, 3.8) is 0 Å². The fourth-order valence-electron chi connectivity index (χ4n) is 4.47. The van der Waals surface area contributed by atoms with Crippen LogP contribution in [0.1, 0.15) is 42.6 Å². The van der Waals surface area contributed by atoms with Gasteiger partial charge in [-0.1, -0.05) is 44.2 Å². The van der Waals surface area contributed by atoms with Crippen LogP contribution in [0.3, 0.4) is 0 Å². The molecule has 196 valence electrons. The van der Waals surface area contributed by atoms with Gasteiger partial charge >= 0.3 is 5.97 Å². The number of fused-ring (bicyclic) bond motifs is 1. The zero-order chi connectivity index (χ0) is 26.4. The predicted octanol–water partition coefficient (Wildman–Crippen LogP) is 4.75. The van der Waals surface area contributed by atoms with E-state index in [4.69, 9.17) is 10.8 Å². The Balaban J connectivity index is 0.000000186. The lowest BCUT2D eigenvalue weighted by molar-refractivity contribution is 0.0696. The van der Waals surface area contributed by atoms with Gasteiger partial charge in [0.2, 0.25) is 0 Å². The van der Waals surface area contributed by atoms with E-state index in [1.807, 2.05) is 42.7 Å². The Kier molecular flexibility index (Phi) is 8.83. The molecule has 9 nitrogen and oxygen atoms in total. The maximum atomic E-state index is 10.6. The maximum absolute atomic E-state index is 10.6. The summed E-state index contributed by atoms with van der Waals surface area (Å²) in [5, 5.41) is 17.4. The zero-order valence-electron chi connectivity index (χ0n) is 21.2. The molecule has 0 radical (unpaired) electrons. The number of nitrogen functional groups attached to an aromatic ring is 1. The van der Waals surface area contributed by atoms with Crippen LogP contribution in [0, 0.1) is 5.92 Å². The summed E-state index contributed by atoms with van der Waals surface area (Å²) in [7, 11) is 0. The number of nitrogens with two attached hydrogens (primary N) is 1. The normalized spacial score (nSPS) is 15.6. The molecular weight excluding hydrogens is 534 g/mol. The molecule has 4 aromatic rings. The van der Waals surface area contributed by atoms with Crippen LogP contribution in [0.5, 0.6) is 0 Å². The van der Waals surface area contributed by atoms with Crippen molar-refractivity contribution in [2.45, 2.75) is 39.3 Å².